The topological polar surface area (TPSA) is 0 Å². The first-order chi connectivity index (χ1) is 33.5. The van der Waals surface area contributed by atoms with E-state index in [4.69, 9.17) is 0 Å². The van der Waals surface area contributed by atoms with E-state index in [1.54, 1.807) is 0 Å². The van der Waals surface area contributed by atoms with Gasteiger partial charge < -0.3 is 0 Å². The molecule has 0 amide bonds. The lowest BCUT2D eigenvalue weighted by Crippen LogP contribution is -2.21. The van der Waals surface area contributed by atoms with E-state index in [9.17, 15) is 0 Å². The lowest BCUT2D eigenvalue weighted by Gasteiger charge is -2.29. The second-order valence-electron chi connectivity index (χ2n) is 20.6. The van der Waals surface area contributed by atoms with Crippen molar-refractivity contribution in [3.05, 3.63) is 321 Å². The molecular weight excluding hydrogens is 841 g/mol. The van der Waals surface area contributed by atoms with E-state index < -0.39 is 0 Å². The zero-order valence-corrected chi connectivity index (χ0v) is 43.9. The van der Waals surface area contributed by atoms with E-state index in [1.165, 1.54) is 77.9 Å². The molecule has 0 saturated heterocycles. The molecule has 0 aromatic heterocycles. The van der Waals surface area contributed by atoms with Crippen LogP contribution in [0.5, 0.6) is 0 Å². The van der Waals surface area contributed by atoms with Crippen molar-refractivity contribution in [2.75, 3.05) is 0 Å². The molecular formula is C70H76. The van der Waals surface area contributed by atoms with Crippen molar-refractivity contribution in [2.45, 2.75) is 105 Å². The van der Waals surface area contributed by atoms with Gasteiger partial charge in [-0.05, 0) is 89.8 Å². The van der Waals surface area contributed by atoms with Crippen LogP contribution in [0.3, 0.4) is 0 Å². The Morgan fingerprint density at radius 1 is 0.271 bits per heavy atom. The zero-order valence-electron chi connectivity index (χ0n) is 43.9. The Hall–Kier alpha value is -7.02. The highest BCUT2D eigenvalue weighted by molar-refractivity contribution is 5.44. The number of aryl methyl sites for hydroxylation is 4. The largest absolute Gasteiger partial charge is 0.0622 e. The lowest BCUT2D eigenvalue weighted by atomic mass is 9.75. The summed E-state index contributed by atoms with van der Waals surface area (Å²) in [7, 11) is 0. The van der Waals surface area contributed by atoms with Gasteiger partial charge in [0, 0.05) is 22.2 Å². The van der Waals surface area contributed by atoms with Gasteiger partial charge in [-0.2, -0.15) is 0 Å². The smallest absolute Gasteiger partial charge is 0.0146 e. The summed E-state index contributed by atoms with van der Waals surface area (Å²) in [5, 5.41) is 0. The van der Waals surface area contributed by atoms with Crippen molar-refractivity contribution in [3.8, 4) is 0 Å². The SMILES string of the molecule is CC(C)(c1ccccc1)c1ccc(C(C)(C)c2ccccc2)cc1.CC(C)(c1ccccc1)c1ccccc1.CC(c1ccccc1)c1ccccc1.Cc1cc(C)cc(Cc2cc(C)cc(C)c2)c1. The number of benzene rings is 9. The molecule has 0 fully saturated rings. The average Bonchev–Trinajstić information content (AvgIpc) is 3.38. The molecule has 0 heteroatoms. The Balaban J connectivity index is 0.000000157. The van der Waals surface area contributed by atoms with Crippen LogP contribution in [0, 0.1) is 27.7 Å². The third kappa shape index (κ3) is 14.5. The fraction of sp³-hybridized carbons (Fsp3) is 0.229. The van der Waals surface area contributed by atoms with Crippen LogP contribution in [0.4, 0.5) is 0 Å². The van der Waals surface area contributed by atoms with E-state index in [2.05, 4.69) is 319 Å². The summed E-state index contributed by atoms with van der Waals surface area (Å²) in [6.45, 7) is 24.6. The Kier molecular flexibility index (Phi) is 18.3. The third-order valence-electron chi connectivity index (χ3n) is 13.9. The van der Waals surface area contributed by atoms with Crippen molar-refractivity contribution in [3.63, 3.8) is 0 Å². The van der Waals surface area contributed by atoms with Crippen LogP contribution in [-0.2, 0) is 22.7 Å². The maximum Gasteiger partial charge on any atom is 0.0146 e. The van der Waals surface area contributed by atoms with Gasteiger partial charge in [-0.1, -0.05) is 313 Å². The highest BCUT2D eigenvalue weighted by atomic mass is 14.3. The van der Waals surface area contributed by atoms with Crippen molar-refractivity contribution in [1.29, 1.82) is 0 Å². The van der Waals surface area contributed by atoms with Gasteiger partial charge in [-0.15, -0.1) is 0 Å². The molecule has 9 aromatic rings. The Morgan fingerprint density at radius 2 is 0.471 bits per heavy atom. The molecule has 0 bridgehead atoms. The summed E-state index contributed by atoms with van der Waals surface area (Å²) in [6, 6.07) is 86.6. The first-order valence-electron chi connectivity index (χ1n) is 25.1. The first-order valence-corrected chi connectivity index (χ1v) is 25.1. The van der Waals surface area contributed by atoms with Crippen LogP contribution < -0.4 is 0 Å². The highest BCUT2D eigenvalue weighted by Gasteiger charge is 2.26. The average molecular weight is 917 g/mol. The predicted molar refractivity (Wildman–Crippen MR) is 304 cm³/mol. The van der Waals surface area contributed by atoms with Crippen LogP contribution >= 0.6 is 0 Å². The number of rotatable bonds is 10. The molecule has 0 aliphatic heterocycles. The molecule has 0 N–H and O–H groups in total. The molecule has 0 heterocycles. The van der Waals surface area contributed by atoms with Crippen LogP contribution in [0.1, 0.15) is 132 Å². The van der Waals surface area contributed by atoms with E-state index >= 15 is 0 Å². The predicted octanol–water partition coefficient (Wildman–Crippen LogP) is 18.7. The summed E-state index contributed by atoms with van der Waals surface area (Å²) in [5.74, 6) is 0.484. The van der Waals surface area contributed by atoms with E-state index in [0.717, 1.165) is 6.42 Å². The molecule has 0 nitrogen and oxygen atoms in total. The van der Waals surface area contributed by atoms with Crippen LogP contribution in [0.15, 0.2) is 243 Å². The summed E-state index contributed by atoms with van der Waals surface area (Å²) in [4.78, 5) is 0. The fourth-order valence-corrected chi connectivity index (χ4v) is 9.48. The van der Waals surface area contributed by atoms with Gasteiger partial charge in [-0.25, -0.2) is 0 Å². The third-order valence-corrected chi connectivity index (χ3v) is 13.9. The summed E-state index contributed by atoms with van der Waals surface area (Å²) >= 11 is 0. The molecule has 0 unspecified atom stereocenters. The van der Waals surface area contributed by atoms with Gasteiger partial charge in [-0.3, -0.25) is 0 Å². The normalized spacial score (nSPS) is 11.3. The molecule has 0 saturated carbocycles. The van der Waals surface area contributed by atoms with Crippen molar-refractivity contribution in [2.24, 2.45) is 0 Å². The molecule has 70 heavy (non-hydrogen) atoms. The maximum atomic E-state index is 2.29. The lowest BCUT2D eigenvalue weighted by molar-refractivity contribution is 0.626. The summed E-state index contributed by atoms with van der Waals surface area (Å²) in [5.41, 5.74) is 19.2. The fourth-order valence-electron chi connectivity index (χ4n) is 9.48. The Morgan fingerprint density at radius 3 is 0.700 bits per heavy atom. The maximum absolute atomic E-state index is 2.29. The van der Waals surface area contributed by atoms with Crippen LogP contribution in [-0.4, -0.2) is 0 Å². The molecule has 0 spiro atoms. The minimum absolute atomic E-state index is 0.0106. The minimum Gasteiger partial charge on any atom is -0.0622 e. The van der Waals surface area contributed by atoms with Gasteiger partial charge in [0.2, 0.25) is 0 Å². The summed E-state index contributed by atoms with van der Waals surface area (Å²) < 4.78 is 0. The van der Waals surface area contributed by atoms with Crippen molar-refractivity contribution in [1.82, 2.24) is 0 Å². The van der Waals surface area contributed by atoms with Crippen molar-refractivity contribution >= 4 is 0 Å². The van der Waals surface area contributed by atoms with Crippen molar-refractivity contribution < 1.29 is 0 Å². The molecule has 0 aliphatic carbocycles. The van der Waals surface area contributed by atoms with E-state index in [1.807, 2.05) is 0 Å². The van der Waals surface area contributed by atoms with Gasteiger partial charge in [0.1, 0.15) is 0 Å². The number of hydrogen-bond donors (Lipinski definition) is 0. The summed E-state index contributed by atoms with van der Waals surface area (Å²) in [6.07, 6.45) is 1.03. The van der Waals surface area contributed by atoms with Gasteiger partial charge in [0.15, 0.2) is 0 Å². The van der Waals surface area contributed by atoms with Gasteiger partial charge in [0.05, 0.1) is 0 Å². The quantitative estimate of drug-likeness (QED) is 0.128. The number of hydrogen-bond acceptors (Lipinski definition) is 0. The minimum atomic E-state index is 0.0106. The standard InChI is InChI=1S/C24H26.C17H20.C15H16.C14H14/c1-23(2,19-11-7-5-8-12-19)21-15-17-22(18-16-21)24(3,4)20-13-9-6-10-14-20;1-12-5-13(2)8-16(7-12)11-17-9-14(3)6-15(4)10-17;1-15(2,13-9-5-3-6-10-13)14-11-7-4-8-12-14;1-12(13-8-4-2-5-9-13)14-10-6-3-7-11-14/h5-18H,1-4H3;5-10H,11H2,1-4H3;3-12H,1-2H3;2-12H,1H3. The molecule has 9 aromatic carbocycles. The Bertz CT molecular complexity index is 2670. The first kappa shape index (κ1) is 52.4. The molecule has 356 valence electrons. The van der Waals surface area contributed by atoms with Crippen LogP contribution in [0.2, 0.25) is 0 Å². The Labute approximate surface area is 423 Å². The van der Waals surface area contributed by atoms with Crippen LogP contribution in [0.25, 0.3) is 0 Å². The van der Waals surface area contributed by atoms with Gasteiger partial charge >= 0.3 is 0 Å². The van der Waals surface area contributed by atoms with E-state index in [-0.39, 0.29) is 16.2 Å². The second-order valence-corrected chi connectivity index (χ2v) is 20.6. The molecule has 0 aliphatic rings. The zero-order chi connectivity index (χ0) is 50.2. The highest BCUT2D eigenvalue weighted by Crippen LogP contribution is 2.36. The van der Waals surface area contributed by atoms with E-state index in [0.29, 0.717) is 5.92 Å². The van der Waals surface area contributed by atoms with Gasteiger partial charge in [0.25, 0.3) is 0 Å². The molecule has 0 radical (unpaired) electrons. The molecule has 0 atom stereocenters. The second kappa shape index (κ2) is 24.5. The monoisotopic (exact) mass is 917 g/mol. The molecule has 9 rings (SSSR count).